The lowest BCUT2D eigenvalue weighted by molar-refractivity contribution is 0.665. The van der Waals surface area contributed by atoms with Gasteiger partial charge in [0.1, 0.15) is 0 Å². The molecule has 0 aliphatic rings. The van der Waals surface area contributed by atoms with Crippen molar-refractivity contribution < 1.29 is 0 Å². The number of aryl methyl sites for hydroxylation is 1. The quantitative estimate of drug-likeness (QED) is 0.659. The van der Waals surface area contributed by atoms with E-state index in [1.54, 1.807) is 17.0 Å². The van der Waals surface area contributed by atoms with E-state index in [0.717, 1.165) is 16.4 Å². The highest BCUT2D eigenvalue weighted by Gasteiger charge is 2.15. The summed E-state index contributed by atoms with van der Waals surface area (Å²) in [6.07, 6.45) is 3.45. The Hall–Kier alpha value is -2.36. The zero-order valence-corrected chi connectivity index (χ0v) is 11.0. The first kappa shape index (κ1) is 11.7. The zero-order chi connectivity index (χ0) is 13.6. The third kappa shape index (κ3) is 1.53. The van der Waals surface area contributed by atoms with Crippen molar-refractivity contribution in [1.29, 1.82) is 0 Å². The van der Waals surface area contributed by atoms with Gasteiger partial charge in [0.25, 0.3) is 5.56 Å². The van der Waals surface area contributed by atoms with Crippen molar-refractivity contribution in [3.8, 4) is 0 Å². The molecule has 3 aromatic rings. The van der Waals surface area contributed by atoms with Crippen molar-refractivity contribution in [2.75, 3.05) is 0 Å². The first-order valence-electron chi connectivity index (χ1n) is 6.22. The van der Waals surface area contributed by atoms with Gasteiger partial charge >= 0.3 is 0 Å². The predicted molar refractivity (Wildman–Crippen MR) is 77.4 cm³/mol. The van der Waals surface area contributed by atoms with Crippen molar-refractivity contribution >= 4 is 21.9 Å². The van der Waals surface area contributed by atoms with E-state index in [-0.39, 0.29) is 11.6 Å². The van der Waals surface area contributed by atoms with Gasteiger partial charge in [-0.1, -0.05) is 24.3 Å². The van der Waals surface area contributed by atoms with Crippen molar-refractivity contribution in [3.63, 3.8) is 0 Å². The van der Waals surface area contributed by atoms with E-state index in [1.807, 2.05) is 42.8 Å². The fourth-order valence-electron chi connectivity index (χ4n) is 2.52. The lowest BCUT2D eigenvalue weighted by Crippen LogP contribution is -2.23. The van der Waals surface area contributed by atoms with Crippen LogP contribution in [0.4, 0.5) is 0 Å². The summed E-state index contributed by atoms with van der Waals surface area (Å²) in [7, 11) is 1.91. The van der Waals surface area contributed by atoms with Crippen LogP contribution in [0.1, 0.15) is 13.0 Å². The van der Waals surface area contributed by atoms with Crippen molar-refractivity contribution in [2.24, 2.45) is 7.05 Å². The van der Waals surface area contributed by atoms with Gasteiger partial charge in [-0.05, 0) is 13.0 Å². The van der Waals surface area contributed by atoms with Crippen LogP contribution in [0.25, 0.3) is 21.9 Å². The van der Waals surface area contributed by atoms with Gasteiger partial charge in [0.05, 0.1) is 23.4 Å². The molecule has 0 bridgehead atoms. The number of hydrogen-bond donors (Lipinski definition) is 0. The number of hydrogen-bond acceptors (Lipinski definition) is 2. The second kappa shape index (κ2) is 4.09. The lowest BCUT2D eigenvalue weighted by atomic mass is 10.1. The summed E-state index contributed by atoms with van der Waals surface area (Å²) in [6.45, 7) is 5.74. The first-order chi connectivity index (χ1) is 9.15. The molecule has 0 aliphatic heterocycles. The number of allylic oxidation sites excluding steroid dienone is 1. The molecule has 1 aromatic carbocycles. The molecular formula is C15H15N3O. The highest BCUT2D eigenvalue weighted by molar-refractivity contribution is 6.02. The number of nitrogens with zero attached hydrogens (tertiary/aromatic N) is 3. The molecule has 0 amide bonds. The molecule has 0 spiro atoms. The van der Waals surface area contributed by atoms with Gasteiger partial charge in [0.2, 0.25) is 0 Å². The van der Waals surface area contributed by atoms with Crippen LogP contribution >= 0.6 is 0 Å². The second-order valence-electron chi connectivity index (χ2n) is 4.72. The molecule has 3 rings (SSSR count). The molecule has 4 heteroatoms. The molecule has 1 unspecified atom stereocenters. The van der Waals surface area contributed by atoms with E-state index in [4.69, 9.17) is 0 Å². The Morgan fingerprint density at radius 2 is 2.11 bits per heavy atom. The summed E-state index contributed by atoms with van der Waals surface area (Å²) in [5.74, 6) is 0. The third-order valence-corrected chi connectivity index (χ3v) is 3.53. The molecule has 0 N–H and O–H groups in total. The second-order valence-corrected chi connectivity index (χ2v) is 4.72. The highest BCUT2D eigenvalue weighted by atomic mass is 16.1. The largest absolute Gasteiger partial charge is 0.333 e. The van der Waals surface area contributed by atoms with Crippen LogP contribution in [0.15, 0.2) is 48.0 Å². The van der Waals surface area contributed by atoms with Crippen LogP contribution in [-0.2, 0) is 7.05 Å². The number of para-hydroxylation sites is 1. The van der Waals surface area contributed by atoms with E-state index < -0.39 is 0 Å². The van der Waals surface area contributed by atoms with Crippen LogP contribution in [0, 0.1) is 0 Å². The van der Waals surface area contributed by atoms with Crippen LogP contribution in [-0.4, -0.2) is 14.1 Å². The van der Waals surface area contributed by atoms with Crippen LogP contribution in [0.2, 0.25) is 0 Å². The molecule has 19 heavy (non-hydrogen) atoms. The minimum absolute atomic E-state index is 0.0659. The Balaban J connectivity index is 2.64. The van der Waals surface area contributed by atoms with Crippen LogP contribution in [0.3, 0.4) is 0 Å². The number of benzene rings is 1. The fraction of sp³-hybridized carbons (Fsp3) is 0.200. The van der Waals surface area contributed by atoms with Gasteiger partial charge in [-0.3, -0.25) is 9.36 Å². The number of imidazole rings is 1. The molecule has 2 aromatic heterocycles. The van der Waals surface area contributed by atoms with Gasteiger partial charge in [-0.2, -0.15) is 0 Å². The van der Waals surface area contributed by atoms with Crippen LogP contribution < -0.4 is 5.56 Å². The lowest BCUT2D eigenvalue weighted by Gasteiger charge is -2.15. The first-order valence-corrected chi connectivity index (χ1v) is 6.22. The van der Waals surface area contributed by atoms with E-state index in [1.165, 1.54) is 0 Å². The highest BCUT2D eigenvalue weighted by Crippen LogP contribution is 2.23. The van der Waals surface area contributed by atoms with E-state index in [9.17, 15) is 4.79 Å². The van der Waals surface area contributed by atoms with Crippen molar-refractivity contribution in [1.82, 2.24) is 14.1 Å². The zero-order valence-electron chi connectivity index (χ0n) is 11.0. The van der Waals surface area contributed by atoms with Crippen molar-refractivity contribution in [2.45, 2.75) is 13.0 Å². The van der Waals surface area contributed by atoms with E-state index in [0.29, 0.717) is 5.52 Å². The SMILES string of the molecule is C=CC(C)n1c(=O)c2ncn(C)c2c2ccccc21. The van der Waals surface area contributed by atoms with Crippen molar-refractivity contribution in [3.05, 3.63) is 53.6 Å². The molecule has 0 saturated carbocycles. The molecule has 4 nitrogen and oxygen atoms in total. The minimum Gasteiger partial charge on any atom is -0.333 e. The Morgan fingerprint density at radius 1 is 1.37 bits per heavy atom. The Kier molecular flexibility index (Phi) is 2.52. The number of fused-ring (bicyclic) bond motifs is 3. The molecule has 1 atom stereocenters. The molecule has 96 valence electrons. The van der Waals surface area contributed by atoms with Gasteiger partial charge in [0, 0.05) is 12.4 Å². The third-order valence-electron chi connectivity index (χ3n) is 3.53. The molecule has 0 radical (unpaired) electrons. The molecule has 0 saturated heterocycles. The van der Waals surface area contributed by atoms with Gasteiger partial charge in [-0.25, -0.2) is 4.98 Å². The Bertz CT molecular complexity index is 842. The normalized spacial score (nSPS) is 12.9. The maximum Gasteiger partial charge on any atom is 0.279 e. The summed E-state index contributed by atoms with van der Waals surface area (Å²) in [5, 5.41) is 1.03. The topological polar surface area (TPSA) is 39.8 Å². The van der Waals surface area contributed by atoms with Gasteiger partial charge in [-0.15, -0.1) is 6.58 Å². The Labute approximate surface area is 110 Å². The molecular weight excluding hydrogens is 238 g/mol. The predicted octanol–water partition coefficient (Wildman–Crippen LogP) is 2.64. The average molecular weight is 253 g/mol. The molecule has 0 fully saturated rings. The summed E-state index contributed by atoms with van der Waals surface area (Å²) >= 11 is 0. The summed E-state index contributed by atoms with van der Waals surface area (Å²) in [4.78, 5) is 16.8. The number of pyridine rings is 1. The number of aromatic nitrogens is 3. The maximum atomic E-state index is 12.6. The van der Waals surface area contributed by atoms with Gasteiger partial charge < -0.3 is 4.57 Å². The van der Waals surface area contributed by atoms with Crippen LogP contribution in [0.5, 0.6) is 0 Å². The summed E-state index contributed by atoms with van der Waals surface area (Å²) < 4.78 is 3.64. The fourth-order valence-corrected chi connectivity index (χ4v) is 2.52. The van der Waals surface area contributed by atoms with Gasteiger partial charge in [0.15, 0.2) is 5.52 Å². The summed E-state index contributed by atoms with van der Waals surface area (Å²) in [5.41, 5.74) is 2.24. The molecule has 2 heterocycles. The smallest absolute Gasteiger partial charge is 0.279 e. The summed E-state index contributed by atoms with van der Waals surface area (Å²) in [6, 6.07) is 7.83. The Morgan fingerprint density at radius 3 is 2.84 bits per heavy atom. The monoisotopic (exact) mass is 253 g/mol. The van der Waals surface area contributed by atoms with E-state index in [2.05, 4.69) is 11.6 Å². The maximum absolute atomic E-state index is 12.6. The van der Waals surface area contributed by atoms with E-state index >= 15 is 0 Å². The minimum atomic E-state index is -0.0679. The average Bonchev–Trinajstić information content (AvgIpc) is 2.81. The standard InChI is InChI=1S/C15H15N3O/c1-4-10(2)18-12-8-6-5-7-11(12)14-13(15(18)19)16-9-17(14)3/h4-10H,1H2,2-3H3. The molecule has 0 aliphatic carbocycles. The number of rotatable bonds is 2.